The van der Waals surface area contributed by atoms with Gasteiger partial charge in [-0.05, 0) is 30.3 Å². The maximum absolute atomic E-state index is 5.81. The fourth-order valence-electron chi connectivity index (χ4n) is 2.67. The van der Waals surface area contributed by atoms with Crippen LogP contribution < -0.4 is 11.5 Å². The van der Waals surface area contributed by atoms with Gasteiger partial charge in [-0.2, -0.15) is 0 Å². The molecule has 5 nitrogen and oxygen atoms in total. The zero-order valence-corrected chi connectivity index (χ0v) is 14.0. The number of aromatic nitrogens is 3. The van der Waals surface area contributed by atoms with Gasteiger partial charge in [0.2, 0.25) is 0 Å². The molecule has 0 aliphatic heterocycles. The molecule has 0 fully saturated rings. The van der Waals surface area contributed by atoms with E-state index in [1.807, 2.05) is 66.7 Å². The molecule has 0 saturated carbocycles. The second kappa shape index (κ2) is 6.64. The lowest BCUT2D eigenvalue weighted by Crippen LogP contribution is -1.97. The minimum absolute atomic E-state index is 0.477. The largest absolute Gasteiger partial charge is 0.399 e. The van der Waals surface area contributed by atoms with Gasteiger partial charge in [-0.3, -0.25) is 0 Å². The first-order valence-electron chi connectivity index (χ1n) is 8.21. The molecule has 2 aromatic carbocycles. The summed E-state index contributed by atoms with van der Waals surface area (Å²) < 4.78 is 0. The molecule has 2 heterocycles. The first kappa shape index (κ1) is 15.8. The lowest BCUT2D eigenvalue weighted by atomic mass is 10.1. The SMILES string of the molecule is Nc1ccc(-c2cc(-c3ccc(N)nc3)nc(-c3ccccc3)n2)cc1. The fraction of sp³-hybridized carbons (Fsp3) is 0. The number of nitrogens with zero attached hydrogens (tertiary/aromatic N) is 3. The molecule has 4 aromatic rings. The van der Waals surface area contributed by atoms with E-state index in [9.17, 15) is 0 Å². The highest BCUT2D eigenvalue weighted by molar-refractivity contribution is 5.72. The minimum atomic E-state index is 0.477. The van der Waals surface area contributed by atoms with Crippen LogP contribution in [0.3, 0.4) is 0 Å². The average molecular weight is 339 g/mol. The summed E-state index contributed by atoms with van der Waals surface area (Å²) in [5.74, 6) is 1.14. The molecule has 0 amide bonds. The van der Waals surface area contributed by atoms with Gasteiger partial charge in [0.15, 0.2) is 5.82 Å². The smallest absolute Gasteiger partial charge is 0.160 e. The van der Waals surface area contributed by atoms with Gasteiger partial charge in [0, 0.05) is 28.6 Å². The zero-order valence-electron chi connectivity index (χ0n) is 14.0. The zero-order chi connectivity index (χ0) is 17.9. The van der Waals surface area contributed by atoms with Gasteiger partial charge in [0.25, 0.3) is 0 Å². The Morgan fingerprint density at radius 1 is 0.615 bits per heavy atom. The Kier molecular flexibility index (Phi) is 4.03. The molecular formula is C21H17N5. The van der Waals surface area contributed by atoms with Gasteiger partial charge in [-0.15, -0.1) is 0 Å². The van der Waals surface area contributed by atoms with Crippen LogP contribution in [0.25, 0.3) is 33.9 Å². The Balaban J connectivity index is 1.89. The molecule has 0 radical (unpaired) electrons. The minimum Gasteiger partial charge on any atom is -0.399 e. The van der Waals surface area contributed by atoms with Crippen LogP contribution in [0.2, 0.25) is 0 Å². The molecule has 4 rings (SSSR count). The standard InChI is InChI=1S/C21H17N5/c22-17-9-6-14(7-10-17)18-12-19(16-8-11-20(23)24-13-16)26-21(25-18)15-4-2-1-3-5-15/h1-13H,22H2,(H2,23,24). The number of pyridine rings is 1. The predicted molar refractivity (Wildman–Crippen MR) is 105 cm³/mol. The van der Waals surface area contributed by atoms with Gasteiger partial charge >= 0.3 is 0 Å². The van der Waals surface area contributed by atoms with Crippen molar-refractivity contribution in [2.75, 3.05) is 11.5 Å². The van der Waals surface area contributed by atoms with Crippen LogP contribution in [0.1, 0.15) is 0 Å². The number of benzene rings is 2. The normalized spacial score (nSPS) is 10.6. The second-order valence-electron chi connectivity index (χ2n) is 5.92. The Morgan fingerprint density at radius 3 is 1.92 bits per heavy atom. The van der Waals surface area contributed by atoms with Gasteiger partial charge in [0.05, 0.1) is 11.4 Å². The highest BCUT2D eigenvalue weighted by Gasteiger charge is 2.10. The van der Waals surface area contributed by atoms with Crippen molar-refractivity contribution < 1.29 is 0 Å². The van der Waals surface area contributed by atoms with Crippen molar-refractivity contribution in [1.82, 2.24) is 15.0 Å². The molecule has 2 aromatic heterocycles. The first-order valence-corrected chi connectivity index (χ1v) is 8.21. The number of nitrogen functional groups attached to an aromatic ring is 2. The molecule has 5 heteroatoms. The molecule has 26 heavy (non-hydrogen) atoms. The van der Waals surface area contributed by atoms with Gasteiger partial charge in [-0.25, -0.2) is 15.0 Å². The van der Waals surface area contributed by atoms with E-state index in [0.717, 1.165) is 28.1 Å². The van der Waals surface area contributed by atoms with Crippen LogP contribution in [0, 0.1) is 0 Å². The van der Waals surface area contributed by atoms with Crippen LogP contribution in [-0.4, -0.2) is 15.0 Å². The van der Waals surface area contributed by atoms with Crippen LogP contribution in [-0.2, 0) is 0 Å². The lowest BCUT2D eigenvalue weighted by Gasteiger charge is -2.09. The molecule has 126 valence electrons. The van der Waals surface area contributed by atoms with Crippen molar-refractivity contribution in [2.45, 2.75) is 0 Å². The van der Waals surface area contributed by atoms with Crippen LogP contribution in [0.5, 0.6) is 0 Å². The van der Waals surface area contributed by atoms with E-state index in [0.29, 0.717) is 17.3 Å². The average Bonchev–Trinajstić information content (AvgIpc) is 2.69. The summed E-state index contributed by atoms with van der Waals surface area (Å²) in [6.07, 6.45) is 1.72. The third-order valence-electron chi connectivity index (χ3n) is 4.05. The highest BCUT2D eigenvalue weighted by Crippen LogP contribution is 2.27. The summed E-state index contributed by atoms with van der Waals surface area (Å²) in [5.41, 5.74) is 16.7. The van der Waals surface area contributed by atoms with E-state index in [4.69, 9.17) is 21.4 Å². The Hall–Kier alpha value is -3.73. The molecule has 0 aliphatic rings. The quantitative estimate of drug-likeness (QED) is 0.550. The maximum atomic E-state index is 5.81. The summed E-state index contributed by atoms with van der Waals surface area (Å²) >= 11 is 0. The van der Waals surface area contributed by atoms with E-state index < -0.39 is 0 Å². The van der Waals surface area contributed by atoms with Crippen molar-refractivity contribution in [1.29, 1.82) is 0 Å². The van der Waals surface area contributed by atoms with Crippen molar-refractivity contribution in [3.8, 4) is 33.9 Å². The van der Waals surface area contributed by atoms with Crippen molar-refractivity contribution in [2.24, 2.45) is 0 Å². The Labute approximate surface area is 151 Å². The number of rotatable bonds is 3. The van der Waals surface area contributed by atoms with E-state index in [2.05, 4.69) is 4.98 Å². The van der Waals surface area contributed by atoms with E-state index in [1.165, 1.54) is 0 Å². The summed E-state index contributed by atoms with van der Waals surface area (Å²) in [5, 5.41) is 0. The van der Waals surface area contributed by atoms with Crippen LogP contribution in [0.4, 0.5) is 11.5 Å². The van der Waals surface area contributed by atoms with Gasteiger partial charge in [0.1, 0.15) is 5.82 Å². The highest BCUT2D eigenvalue weighted by atomic mass is 14.9. The predicted octanol–water partition coefficient (Wildman–Crippen LogP) is 4.04. The maximum Gasteiger partial charge on any atom is 0.160 e. The third-order valence-corrected chi connectivity index (χ3v) is 4.05. The van der Waals surface area contributed by atoms with E-state index >= 15 is 0 Å². The number of hydrogen-bond donors (Lipinski definition) is 2. The first-order chi connectivity index (χ1) is 12.7. The van der Waals surface area contributed by atoms with E-state index in [1.54, 1.807) is 12.3 Å². The molecule has 0 atom stereocenters. The molecule has 0 spiro atoms. The topological polar surface area (TPSA) is 90.7 Å². The van der Waals surface area contributed by atoms with Crippen molar-refractivity contribution >= 4 is 11.5 Å². The molecule has 0 saturated heterocycles. The second-order valence-corrected chi connectivity index (χ2v) is 5.92. The molecule has 0 bridgehead atoms. The number of hydrogen-bond acceptors (Lipinski definition) is 5. The van der Waals surface area contributed by atoms with Crippen LogP contribution in [0.15, 0.2) is 79.0 Å². The summed E-state index contributed by atoms with van der Waals surface area (Å²) in [7, 11) is 0. The molecule has 4 N–H and O–H groups in total. The number of nitrogens with two attached hydrogens (primary N) is 2. The van der Waals surface area contributed by atoms with Gasteiger partial charge in [-0.1, -0.05) is 42.5 Å². The van der Waals surface area contributed by atoms with Crippen LogP contribution >= 0.6 is 0 Å². The Bertz CT molecular complexity index is 962. The summed E-state index contributed by atoms with van der Waals surface area (Å²) in [6.45, 7) is 0. The lowest BCUT2D eigenvalue weighted by molar-refractivity contribution is 1.18. The Morgan fingerprint density at radius 2 is 1.27 bits per heavy atom. The summed E-state index contributed by atoms with van der Waals surface area (Å²) in [6, 6.07) is 23.2. The molecular weight excluding hydrogens is 322 g/mol. The van der Waals surface area contributed by atoms with Crippen molar-refractivity contribution in [3.63, 3.8) is 0 Å². The summed E-state index contributed by atoms with van der Waals surface area (Å²) in [4.78, 5) is 13.7. The number of anilines is 2. The fourth-order valence-corrected chi connectivity index (χ4v) is 2.67. The van der Waals surface area contributed by atoms with Gasteiger partial charge < -0.3 is 11.5 Å². The van der Waals surface area contributed by atoms with E-state index in [-0.39, 0.29) is 0 Å². The monoisotopic (exact) mass is 339 g/mol. The van der Waals surface area contributed by atoms with Crippen molar-refractivity contribution in [3.05, 3.63) is 79.0 Å². The third kappa shape index (κ3) is 3.23. The molecule has 0 aliphatic carbocycles. The molecule has 0 unspecified atom stereocenters.